The maximum absolute atomic E-state index is 13.3. The molecule has 0 spiro atoms. The van der Waals surface area contributed by atoms with Gasteiger partial charge in [-0.15, -0.1) is 11.3 Å². The highest BCUT2D eigenvalue weighted by Crippen LogP contribution is 2.27. The molecule has 1 atom stereocenters. The van der Waals surface area contributed by atoms with E-state index in [0.717, 1.165) is 15.8 Å². The molecule has 3 aromatic rings. The lowest BCUT2D eigenvalue weighted by molar-refractivity contribution is -0.123. The number of halogens is 1. The molecule has 1 amide bonds. The van der Waals surface area contributed by atoms with Crippen LogP contribution in [-0.4, -0.2) is 18.0 Å². The van der Waals surface area contributed by atoms with Crippen LogP contribution in [0.4, 0.5) is 10.1 Å². The quantitative estimate of drug-likeness (QED) is 0.668. The first-order valence-corrected chi connectivity index (χ1v) is 8.93. The second-order valence-corrected chi connectivity index (χ2v) is 7.23. The SMILES string of the molecule is Cc1ccc(NC(=O)[C@@H](C)OC(=O)c2cc3cc(F)ccc3s2)c(C)c1. The summed E-state index contributed by atoms with van der Waals surface area (Å²) in [5.41, 5.74) is 2.71. The largest absolute Gasteiger partial charge is 0.448 e. The summed E-state index contributed by atoms with van der Waals surface area (Å²) in [6, 6.07) is 11.6. The van der Waals surface area contributed by atoms with E-state index in [1.165, 1.54) is 30.4 Å². The van der Waals surface area contributed by atoms with Gasteiger partial charge >= 0.3 is 5.97 Å². The minimum absolute atomic E-state index is 0.330. The van der Waals surface area contributed by atoms with Gasteiger partial charge in [-0.1, -0.05) is 17.7 Å². The lowest BCUT2D eigenvalue weighted by Gasteiger charge is -2.14. The third kappa shape index (κ3) is 3.91. The van der Waals surface area contributed by atoms with Crippen LogP contribution in [0.25, 0.3) is 10.1 Å². The Morgan fingerprint density at radius 3 is 2.62 bits per heavy atom. The first-order valence-electron chi connectivity index (χ1n) is 8.11. The van der Waals surface area contributed by atoms with Crippen molar-refractivity contribution in [3.63, 3.8) is 0 Å². The average Bonchev–Trinajstić information content (AvgIpc) is 3.00. The van der Waals surface area contributed by atoms with Crippen LogP contribution in [0.1, 0.15) is 27.7 Å². The number of carbonyl (C=O) groups excluding carboxylic acids is 2. The van der Waals surface area contributed by atoms with Crippen LogP contribution in [0.15, 0.2) is 42.5 Å². The van der Waals surface area contributed by atoms with Gasteiger partial charge in [-0.3, -0.25) is 4.79 Å². The summed E-state index contributed by atoms with van der Waals surface area (Å²) in [6.45, 7) is 5.39. The van der Waals surface area contributed by atoms with Crippen LogP contribution in [0.5, 0.6) is 0 Å². The number of fused-ring (bicyclic) bond motifs is 1. The van der Waals surface area contributed by atoms with Crippen LogP contribution in [0.3, 0.4) is 0 Å². The average molecular weight is 371 g/mol. The third-order valence-electron chi connectivity index (χ3n) is 3.97. The molecule has 0 aliphatic carbocycles. The van der Waals surface area contributed by atoms with E-state index in [0.29, 0.717) is 16.0 Å². The summed E-state index contributed by atoms with van der Waals surface area (Å²) < 4.78 is 19.3. The summed E-state index contributed by atoms with van der Waals surface area (Å²) in [4.78, 5) is 24.9. The van der Waals surface area contributed by atoms with Crippen LogP contribution in [-0.2, 0) is 9.53 Å². The summed E-state index contributed by atoms with van der Waals surface area (Å²) in [5.74, 6) is -1.37. The normalized spacial score (nSPS) is 12.0. The number of benzene rings is 2. The van der Waals surface area contributed by atoms with E-state index in [-0.39, 0.29) is 5.82 Å². The van der Waals surface area contributed by atoms with E-state index in [4.69, 9.17) is 4.74 Å². The van der Waals surface area contributed by atoms with Crippen LogP contribution >= 0.6 is 11.3 Å². The van der Waals surface area contributed by atoms with Gasteiger partial charge < -0.3 is 10.1 Å². The molecule has 134 valence electrons. The number of anilines is 1. The predicted molar refractivity (Wildman–Crippen MR) is 101 cm³/mol. The molecule has 1 heterocycles. The van der Waals surface area contributed by atoms with Crippen molar-refractivity contribution in [2.75, 3.05) is 5.32 Å². The second kappa shape index (κ2) is 7.25. The Bertz CT molecular complexity index is 996. The first-order chi connectivity index (χ1) is 12.3. The van der Waals surface area contributed by atoms with Gasteiger partial charge in [0, 0.05) is 10.4 Å². The maximum atomic E-state index is 13.3. The van der Waals surface area contributed by atoms with Gasteiger partial charge in [0.05, 0.1) is 0 Å². The van der Waals surface area contributed by atoms with Gasteiger partial charge in [0.15, 0.2) is 6.10 Å². The summed E-state index contributed by atoms with van der Waals surface area (Å²) in [7, 11) is 0. The Hall–Kier alpha value is -2.73. The Labute approximate surface area is 154 Å². The van der Waals surface area contributed by atoms with Gasteiger partial charge in [0.25, 0.3) is 5.91 Å². The van der Waals surface area contributed by atoms with Gasteiger partial charge in [0.2, 0.25) is 0 Å². The smallest absolute Gasteiger partial charge is 0.349 e. The molecule has 0 saturated heterocycles. The van der Waals surface area contributed by atoms with Crippen molar-refractivity contribution < 1.29 is 18.7 Å². The standard InChI is InChI=1S/C20H18FNO3S/c1-11-4-6-16(12(2)8-11)22-19(23)13(3)25-20(24)18-10-14-9-15(21)5-7-17(14)26-18/h4-10,13H,1-3H3,(H,22,23)/t13-/m1/s1. The number of aryl methyl sites for hydroxylation is 2. The number of esters is 1. The van der Waals surface area contributed by atoms with Crippen molar-refractivity contribution in [1.29, 1.82) is 0 Å². The molecule has 1 aromatic heterocycles. The molecule has 1 N–H and O–H groups in total. The number of rotatable bonds is 4. The topological polar surface area (TPSA) is 55.4 Å². The molecule has 3 rings (SSSR count). The number of thiophene rings is 1. The van der Waals surface area contributed by atoms with E-state index in [1.54, 1.807) is 12.1 Å². The third-order valence-corrected chi connectivity index (χ3v) is 5.07. The Balaban J connectivity index is 1.68. The monoisotopic (exact) mass is 371 g/mol. The molecule has 2 aromatic carbocycles. The number of ether oxygens (including phenoxy) is 1. The molecule has 26 heavy (non-hydrogen) atoms. The van der Waals surface area contributed by atoms with Crippen molar-refractivity contribution in [3.05, 3.63) is 64.3 Å². The van der Waals surface area contributed by atoms with Crippen molar-refractivity contribution in [2.45, 2.75) is 26.9 Å². The first kappa shape index (κ1) is 18.1. The number of hydrogen-bond acceptors (Lipinski definition) is 4. The van der Waals surface area contributed by atoms with Crippen LogP contribution < -0.4 is 5.32 Å². The number of amides is 1. The van der Waals surface area contributed by atoms with Crippen LogP contribution in [0.2, 0.25) is 0 Å². The lowest BCUT2D eigenvalue weighted by Crippen LogP contribution is -2.30. The Kier molecular flexibility index (Phi) is 5.04. The maximum Gasteiger partial charge on any atom is 0.349 e. The highest BCUT2D eigenvalue weighted by Gasteiger charge is 2.21. The number of hydrogen-bond donors (Lipinski definition) is 1. The van der Waals surface area contributed by atoms with Gasteiger partial charge in [-0.2, -0.15) is 0 Å². The highest BCUT2D eigenvalue weighted by molar-refractivity contribution is 7.20. The molecule has 0 unspecified atom stereocenters. The lowest BCUT2D eigenvalue weighted by atomic mass is 10.1. The summed E-state index contributed by atoms with van der Waals surface area (Å²) in [5, 5.41) is 3.40. The second-order valence-electron chi connectivity index (χ2n) is 6.15. The fraction of sp³-hybridized carbons (Fsp3) is 0.200. The molecule has 0 bridgehead atoms. The molecular weight excluding hydrogens is 353 g/mol. The summed E-state index contributed by atoms with van der Waals surface area (Å²) in [6.07, 6.45) is -0.954. The predicted octanol–water partition coefficient (Wildman–Crippen LogP) is 4.84. The zero-order valence-electron chi connectivity index (χ0n) is 14.6. The van der Waals surface area contributed by atoms with E-state index in [1.807, 2.05) is 32.0 Å². The number of carbonyl (C=O) groups is 2. The molecular formula is C20H18FNO3S. The number of nitrogens with one attached hydrogen (secondary N) is 1. The molecule has 4 nitrogen and oxygen atoms in total. The van der Waals surface area contributed by atoms with E-state index in [9.17, 15) is 14.0 Å². The van der Waals surface area contributed by atoms with Gasteiger partial charge in [0.1, 0.15) is 10.7 Å². The Morgan fingerprint density at radius 2 is 1.88 bits per heavy atom. The van der Waals surface area contributed by atoms with Crippen molar-refractivity contribution in [1.82, 2.24) is 0 Å². The van der Waals surface area contributed by atoms with Crippen molar-refractivity contribution in [3.8, 4) is 0 Å². The van der Waals surface area contributed by atoms with Crippen molar-refractivity contribution >= 4 is 39.0 Å². The fourth-order valence-electron chi connectivity index (χ4n) is 2.58. The zero-order chi connectivity index (χ0) is 18.8. The Morgan fingerprint density at radius 1 is 1.12 bits per heavy atom. The molecule has 0 aliphatic rings. The fourth-order valence-corrected chi connectivity index (χ4v) is 3.50. The van der Waals surface area contributed by atoms with E-state index in [2.05, 4.69) is 5.32 Å². The molecule has 6 heteroatoms. The zero-order valence-corrected chi connectivity index (χ0v) is 15.4. The van der Waals surface area contributed by atoms with Gasteiger partial charge in [-0.05, 0) is 62.1 Å². The highest BCUT2D eigenvalue weighted by atomic mass is 32.1. The minimum atomic E-state index is -0.954. The van der Waals surface area contributed by atoms with Crippen molar-refractivity contribution in [2.24, 2.45) is 0 Å². The van der Waals surface area contributed by atoms with Crippen LogP contribution in [0, 0.1) is 19.7 Å². The van der Waals surface area contributed by atoms with E-state index >= 15 is 0 Å². The molecule has 0 radical (unpaired) electrons. The molecule has 0 aliphatic heterocycles. The minimum Gasteiger partial charge on any atom is -0.448 e. The summed E-state index contributed by atoms with van der Waals surface area (Å²) >= 11 is 1.20. The molecule has 0 saturated carbocycles. The molecule has 0 fully saturated rings. The van der Waals surface area contributed by atoms with Gasteiger partial charge in [-0.25, -0.2) is 9.18 Å². The van der Waals surface area contributed by atoms with E-state index < -0.39 is 18.0 Å².